The molecule has 2 rings (SSSR count). The van der Waals surface area contributed by atoms with Gasteiger partial charge in [0.15, 0.2) is 0 Å². The normalized spacial score (nSPS) is 10.7. The molecule has 0 aliphatic heterocycles. The molecule has 0 aliphatic carbocycles. The number of hydrogen-bond donors (Lipinski definition) is 0. The smallest absolute Gasteiger partial charge is 0.302 e. The Morgan fingerprint density at radius 3 is 1.66 bits per heavy atom. The van der Waals surface area contributed by atoms with Crippen LogP contribution in [0.1, 0.15) is 71.1 Å². The number of unbranched alkanes of at least 4 members (excludes halogenated alkanes) is 9. The minimum absolute atomic E-state index is 0.170. The van der Waals surface area contributed by atoms with E-state index in [1.807, 2.05) is 6.07 Å². The molecule has 0 heterocycles. The van der Waals surface area contributed by atoms with Crippen molar-refractivity contribution < 1.29 is 14.3 Å². The van der Waals surface area contributed by atoms with E-state index in [1.165, 1.54) is 63.0 Å². The van der Waals surface area contributed by atoms with E-state index in [0.717, 1.165) is 31.6 Å². The van der Waals surface area contributed by atoms with Gasteiger partial charge in [0.05, 0.1) is 13.2 Å². The van der Waals surface area contributed by atoms with Gasteiger partial charge >= 0.3 is 5.97 Å². The quantitative estimate of drug-likeness (QED) is 0.236. The number of ether oxygens (including phenoxy) is 2. The second-order valence-corrected chi connectivity index (χ2v) is 7.61. The molecule has 3 nitrogen and oxygen atoms in total. The predicted octanol–water partition coefficient (Wildman–Crippen LogP) is 7.20. The zero-order valence-electron chi connectivity index (χ0n) is 17.9. The number of carbonyl (C=O) groups excluding carboxylic acids is 1. The molecule has 0 aromatic heterocycles. The Balaban J connectivity index is 1.40. The Hall–Kier alpha value is -2.29. The van der Waals surface area contributed by atoms with Crippen LogP contribution in [-0.2, 0) is 9.53 Å². The molecule has 0 atom stereocenters. The van der Waals surface area contributed by atoms with E-state index in [1.54, 1.807) is 0 Å². The van der Waals surface area contributed by atoms with Gasteiger partial charge in [0.2, 0.25) is 0 Å². The molecule has 2 aromatic carbocycles. The Kier molecular flexibility index (Phi) is 11.6. The van der Waals surface area contributed by atoms with Crippen molar-refractivity contribution in [2.75, 3.05) is 13.2 Å². The van der Waals surface area contributed by atoms with Gasteiger partial charge in [-0.3, -0.25) is 4.79 Å². The lowest BCUT2D eigenvalue weighted by Gasteiger charge is -2.08. The minimum atomic E-state index is -0.170. The number of rotatable bonds is 15. The third-order valence-corrected chi connectivity index (χ3v) is 5.07. The first-order chi connectivity index (χ1) is 14.3. The van der Waals surface area contributed by atoms with Crippen molar-refractivity contribution in [2.45, 2.75) is 71.1 Å². The van der Waals surface area contributed by atoms with Gasteiger partial charge in [-0.1, -0.05) is 93.8 Å². The minimum Gasteiger partial charge on any atom is -0.494 e. The van der Waals surface area contributed by atoms with E-state index in [9.17, 15) is 4.79 Å². The first kappa shape index (κ1) is 23.0. The summed E-state index contributed by atoms with van der Waals surface area (Å²) in [5.41, 5.74) is 2.46. The van der Waals surface area contributed by atoms with Crippen LogP contribution in [0.15, 0.2) is 54.6 Å². The second kappa shape index (κ2) is 14.7. The molecule has 0 radical (unpaired) electrons. The molecule has 0 unspecified atom stereocenters. The van der Waals surface area contributed by atoms with E-state index >= 15 is 0 Å². The fourth-order valence-electron chi connectivity index (χ4n) is 3.40. The molecule has 0 fully saturated rings. The molecule has 0 saturated heterocycles. The second-order valence-electron chi connectivity index (χ2n) is 7.61. The molecule has 0 amide bonds. The topological polar surface area (TPSA) is 35.5 Å². The highest BCUT2D eigenvalue weighted by molar-refractivity contribution is 5.65. The molecule has 0 spiro atoms. The van der Waals surface area contributed by atoms with E-state index in [2.05, 4.69) is 48.5 Å². The van der Waals surface area contributed by atoms with Gasteiger partial charge in [0, 0.05) is 6.92 Å². The summed E-state index contributed by atoms with van der Waals surface area (Å²) in [6, 6.07) is 18.8. The van der Waals surface area contributed by atoms with Gasteiger partial charge in [0.25, 0.3) is 0 Å². The van der Waals surface area contributed by atoms with Crippen molar-refractivity contribution in [1.29, 1.82) is 0 Å². The fraction of sp³-hybridized carbons (Fsp3) is 0.500. The van der Waals surface area contributed by atoms with Crippen molar-refractivity contribution in [2.24, 2.45) is 0 Å². The van der Waals surface area contributed by atoms with Crippen molar-refractivity contribution >= 4 is 5.97 Å². The van der Waals surface area contributed by atoms with Gasteiger partial charge in [-0.25, -0.2) is 0 Å². The summed E-state index contributed by atoms with van der Waals surface area (Å²) in [5, 5.41) is 0. The summed E-state index contributed by atoms with van der Waals surface area (Å²) < 4.78 is 10.8. The van der Waals surface area contributed by atoms with Crippen LogP contribution in [-0.4, -0.2) is 19.2 Å². The summed E-state index contributed by atoms with van der Waals surface area (Å²) in [6.45, 7) is 2.84. The van der Waals surface area contributed by atoms with Crippen molar-refractivity contribution in [3.8, 4) is 16.9 Å². The predicted molar refractivity (Wildman–Crippen MR) is 120 cm³/mol. The maximum Gasteiger partial charge on any atom is 0.302 e. The summed E-state index contributed by atoms with van der Waals surface area (Å²) in [7, 11) is 0. The molecular weight excluding hydrogens is 360 g/mol. The number of carbonyl (C=O) groups is 1. The molecule has 0 saturated carbocycles. The third-order valence-electron chi connectivity index (χ3n) is 5.07. The average Bonchev–Trinajstić information content (AvgIpc) is 2.75. The highest BCUT2D eigenvalue weighted by Gasteiger charge is 1.99. The van der Waals surface area contributed by atoms with Gasteiger partial charge in [-0.15, -0.1) is 0 Å². The zero-order valence-corrected chi connectivity index (χ0v) is 17.9. The zero-order chi connectivity index (χ0) is 20.6. The maximum absolute atomic E-state index is 10.6. The lowest BCUT2D eigenvalue weighted by atomic mass is 10.1. The van der Waals surface area contributed by atoms with Crippen LogP contribution in [0.2, 0.25) is 0 Å². The van der Waals surface area contributed by atoms with E-state index in [0.29, 0.717) is 6.61 Å². The summed E-state index contributed by atoms with van der Waals surface area (Å²) in [6.07, 6.45) is 12.3. The van der Waals surface area contributed by atoms with Crippen molar-refractivity contribution in [3.63, 3.8) is 0 Å². The number of hydrogen-bond acceptors (Lipinski definition) is 3. The highest BCUT2D eigenvalue weighted by atomic mass is 16.5. The van der Waals surface area contributed by atoms with Gasteiger partial charge in [-0.2, -0.15) is 0 Å². The molecule has 3 heteroatoms. The molecule has 0 bridgehead atoms. The van der Waals surface area contributed by atoms with Crippen LogP contribution >= 0.6 is 0 Å². The van der Waals surface area contributed by atoms with E-state index < -0.39 is 0 Å². The van der Waals surface area contributed by atoms with Crippen LogP contribution in [0.4, 0.5) is 0 Å². The Labute approximate surface area is 176 Å². The summed E-state index contributed by atoms with van der Waals surface area (Å²) in [5.74, 6) is 0.787. The highest BCUT2D eigenvalue weighted by Crippen LogP contribution is 2.22. The van der Waals surface area contributed by atoms with Gasteiger partial charge in [-0.05, 0) is 36.1 Å². The summed E-state index contributed by atoms with van der Waals surface area (Å²) in [4.78, 5) is 10.6. The Morgan fingerprint density at radius 1 is 0.621 bits per heavy atom. The average molecular weight is 397 g/mol. The lowest BCUT2D eigenvalue weighted by Crippen LogP contribution is -2.00. The van der Waals surface area contributed by atoms with Crippen LogP contribution < -0.4 is 4.74 Å². The Morgan fingerprint density at radius 2 is 1.10 bits per heavy atom. The van der Waals surface area contributed by atoms with Crippen molar-refractivity contribution in [1.82, 2.24) is 0 Å². The van der Waals surface area contributed by atoms with Crippen molar-refractivity contribution in [3.05, 3.63) is 54.6 Å². The monoisotopic (exact) mass is 396 g/mol. The fourth-order valence-corrected chi connectivity index (χ4v) is 3.40. The van der Waals surface area contributed by atoms with E-state index in [4.69, 9.17) is 9.47 Å². The molecule has 158 valence electrons. The number of esters is 1. The van der Waals surface area contributed by atoms with Gasteiger partial charge in [0.1, 0.15) is 5.75 Å². The molecule has 0 N–H and O–H groups in total. The third kappa shape index (κ3) is 10.7. The molecule has 0 aliphatic rings. The lowest BCUT2D eigenvalue weighted by molar-refractivity contribution is -0.141. The van der Waals surface area contributed by atoms with Crippen LogP contribution in [0.5, 0.6) is 5.75 Å². The first-order valence-corrected chi connectivity index (χ1v) is 11.2. The largest absolute Gasteiger partial charge is 0.494 e. The molecular formula is C26H36O3. The SMILES string of the molecule is CC(=O)OCCCCCCCCCCCCOc1ccc(-c2ccccc2)cc1. The van der Waals surface area contributed by atoms with E-state index in [-0.39, 0.29) is 5.97 Å². The first-order valence-electron chi connectivity index (χ1n) is 11.2. The summed E-state index contributed by atoms with van der Waals surface area (Å²) >= 11 is 0. The Bertz CT molecular complexity index is 664. The van der Waals surface area contributed by atoms with Crippen LogP contribution in [0.25, 0.3) is 11.1 Å². The standard InChI is InChI=1S/C26H36O3/c1-23(27)28-21-13-8-6-4-2-3-5-7-9-14-22-29-26-19-17-25(18-20-26)24-15-11-10-12-16-24/h10-12,15-20H,2-9,13-14,21-22H2,1H3. The van der Waals surface area contributed by atoms with Crippen LogP contribution in [0, 0.1) is 0 Å². The maximum atomic E-state index is 10.6. The molecule has 2 aromatic rings. The molecule has 29 heavy (non-hydrogen) atoms. The van der Waals surface area contributed by atoms with Crippen LogP contribution in [0.3, 0.4) is 0 Å². The number of benzene rings is 2. The van der Waals surface area contributed by atoms with Gasteiger partial charge < -0.3 is 9.47 Å².